The average Bonchev–Trinajstić information content (AvgIpc) is 2.35. The molecule has 2 aromatic rings. The summed E-state index contributed by atoms with van der Waals surface area (Å²) >= 11 is 0. The molecule has 0 aliphatic heterocycles. The van der Waals surface area contributed by atoms with E-state index in [2.05, 4.69) is 48.6 Å². The van der Waals surface area contributed by atoms with E-state index in [1.807, 2.05) is 0 Å². The molecule has 0 saturated heterocycles. The Labute approximate surface area is 103 Å². The van der Waals surface area contributed by atoms with E-state index in [1.54, 1.807) is 0 Å². The molecular formula is C15H20N2. The van der Waals surface area contributed by atoms with E-state index in [1.165, 1.54) is 21.9 Å². The zero-order valence-electron chi connectivity index (χ0n) is 10.4. The van der Waals surface area contributed by atoms with E-state index in [9.17, 15) is 0 Å². The second-order valence-electron chi connectivity index (χ2n) is 4.47. The lowest BCUT2D eigenvalue weighted by atomic mass is 10.0. The van der Waals surface area contributed by atoms with E-state index in [0.717, 1.165) is 19.5 Å². The normalized spacial score (nSPS) is 10.9. The zero-order chi connectivity index (χ0) is 12.1. The molecule has 2 aromatic carbocycles. The quantitative estimate of drug-likeness (QED) is 0.770. The Hall–Kier alpha value is -1.38. The zero-order valence-corrected chi connectivity index (χ0v) is 10.4. The summed E-state index contributed by atoms with van der Waals surface area (Å²) in [6, 6.07) is 13.3. The number of rotatable bonds is 5. The largest absolute Gasteiger partial charge is 0.329 e. The molecule has 0 spiro atoms. The van der Waals surface area contributed by atoms with Gasteiger partial charge >= 0.3 is 0 Å². The van der Waals surface area contributed by atoms with Crippen LogP contribution in [0.15, 0.2) is 36.4 Å². The topological polar surface area (TPSA) is 38.0 Å². The summed E-state index contributed by atoms with van der Waals surface area (Å²) in [6.45, 7) is 4.72. The van der Waals surface area contributed by atoms with Crippen LogP contribution in [0.5, 0.6) is 0 Å². The van der Waals surface area contributed by atoms with Crippen LogP contribution in [0.25, 0.3) is 10.8 Å². The second kappa shape index (κ2) is 5.80. The molecule has 3 N–H and O–H groups in total. The van der Waals surface area contributed by atoms with Crippen LogP contribution < -0.4 is 11.1 Å². The highest BCUT2D eigenvalue weighted by molar-refractivity contribution is 5.83. The van der Waals surface area contributed by atoms with Crippen molar-refractivity contribution in [1.29, 1.82) is 0 Å². The van der Waals surface area contributed by atoms with Gasteiger partial charge in [-0.05, 0) is 36.2 Å². The highest BCUT2D eigenvalue weighted by Gasteiger charge is 1.97. The van der Waals surface area contributed by atoms with Crippen LogP contribution in [-0.2, 0) is 6.42 Å². The minimum absolute atomic E-state index is 0.705. The van der Waals surface area contributed by atoms with Gasteiger partial charge in [0.15, 0.2) is 0 Å². The minimum Gasteiger partial charge on any atom is -0.329 e. The molecule has 0 amide bonds. The summed E-state index contributed by atoms with van der Waals surface area (Å²) in [4.78, 5) is 0. The Morgan fingerprint density at radius 3 is 2.59 bits per heavy atom. The van der Waals surface area contributed by atoms with E-state index in [-0.39, 0.29) is 0 Å². The standard InChI is InChI=1S/C15H20N2/c1-12-2-4-15-11-13(3-5-14(15)10-12)6-8-17-9-7-16/h2-5,10-11,17H,6-9,16H2,1H3. The SMILES string of the molecule is Cc1ccc2cc(CCNCCN)ccc2c1. The van der Waals surface area contributed by atoms with Crippen molar-refractivity contribution in [2.24, 2.45) is 5.73 Å². The third kappa shape index (κ3) is 3.29. The summed E-state index contributed by atoms with van der Waals surface area (Å²) in [7, 11) is 0. The first-order valence-corrected chi connectivity index (χ1v) is 6.19. The molecule has 0 heterocycles. The lowest BCUT2D eigenvalue weighted by Gasteiger charge is -2.05. The fourth-order valence-electron chi connectivity index (χ4n) is 2.03. The fourth-order valence-corrected chi connectivity index (χ4v) is 2.03. The van der Waals surface area contributed by atoms with Crippen LogP contribution in [0, 0.1) is 6.92 Å². The Kier molecular flexibility index (Phi) is 4.13. The van der Waals surface area contributed by atoms with E-state index >= 15 is 0 Å². The maximum atomic E-state index is 5.43. The Morgan fingerprint density at radius 1 is 1.00 bits per heavy atom. The van der Waals surface area contributed by atoms with Crippen LogP contribution >= 0.6 is 0 Å². The number of hydrogen-bond donors (Lipinski definition) is 2. The molecule has 2 heteroatoms. The van der Waals surface area contributed by atoms with Crippen LogP contribution in [-0.4, -0.2) is 19.6 Å². The predicted octanol–water partition coefficient (Wildman–Crippen LogP) is 2.24. The van der Waals surface area contributed by atoms with Crippen LogP contribution in [0.3, 0.4) is 0 Å². The molecule has 17 heavy (non-hydrogen) atoms. The van der Waals surface area contributed by atoms with Gasteiger partial charge in [-0.25, -0.2) is 0 Å². The van der Waals surface area contributed by atoms with Gasteiger partial charge in [-0.15, -0.1) is 0 Å². The van der Waals surface area contributed by atoms with Crippen LogP contribution in [0.4, 0.5) is 0 Å². The number of aryl methyl sites for hydroxylation is 1. The van der Waals surface area contributed by atoms with Gasteiger partial charge in [0.1, 0.15) is 0 Å². The first-order valence-electron chi connectivity index (χ1n) is 6.19. The first-order chi connectivity index (χ1) is 8.29. The molecule has 0 unspecified atom stereocenters. The Balaban J connectivity index is 2.07. The van der Waals surface area contributed by atoms with Crippen LogP contribution in [0.2, 0.25) is 0 Å². The summed E-state index contributed by atoms with van der Waals surface area (Å²) in [6.07, 6.45) is 1.06. The molecule has 2 nitrogen and oxygen atoms in total. The average molecular weight is 228 g/mol. The minimum atomic E-state index is 0.705. The summed E-state index contributed by atoms with van der Waals surface area (Å²) in [5.41, 5.74) is 8.13. The maximum Gasteiger partial charge on any atom is 0.00746 e. The van der Waals surface area contributed by atoms with Gasteiger partial charge in [0.25, 0.3) is 0 Å². The number of fused-ring (bicyclic) bond motifs is 1. The van der Waals surface area contributed by atoms with Crippen molar-refractivity contribution in [1.82, 2.24) is 5.32 Å². The number of nitrogens with one attached hydrogen (secondary N) is 1. The Bertz CT molecular complexity index is 491. The number of nitrogens with two attached hydrogens (primary N) is 1. The van der Waals surface area contributed by atoms with Crippen molar-refractivity contribution in [3.05, 3.63) is 47.5 Å². The summed E-state index contributed by atoms with van der Waals surface area (Å²) in [5.74, 6) is 0. The molecule has 0 radical (unpaired) electrons. The van der Waals surface area contributed by atoms with E-state index in [4.69, 9.17) is 5.73 Å². The van der Waals surface area contributed by atoms with Crippen molar-refractivity contribution in [3.63, 3.8) is 0 Å². The van der Waals surface area contributed by atoms with E-state index < -0.39 is 0 Å². The van der Waals surface area contributed by atoms with Crippen molar-refractivity contribution in [3.8, 4) is 0 Å². The van der Waals surface area contributed by atoms with E-state index in [0.29, 0.717) is 6.54 Å². The van der Waals surface area contributed by atoms with Gasteiger partial charge in [0.05, 0.1) is 0 Å². The van der Waals surface area contributed by atoms with Gasteiger partial charge in [0.2, 0.25) is 0 Å². The van der Waals surface area contributed by atoms with Crippen molar-refractivity contribution in [2.45, 2.75) is 13.3 Å². The van der Waals surface area contributed by atoms with Crippen molar-refractivity contribution < 1.29 is 0 Å². The van der Waals surface area contributed by atoms with Gasteiger partial charge in [-0.3, -0.25) is 0 Å². The van der Waals surface area contributed by atoms with Crippen LogP contribution in [0.1, 0.15) is 11.1 Å². The van der Waals surface area contributed by atoms with Crippen molar-refractivity contribution >= 4 is 10.8 Å². The summed E-state index contributed by atoms with van der Waals surface area (Å²) < 4.78 is 0. The summed E-state index contributed by atoms with van der Waals surface area (Å²) in [5, 5.41) is 5.96. The molecule has 0 aliphatic carbocycles. The smallest absolute Gasteiger partial charge is 0.00746 e. The second-order valence-corrected chi connectivity index (χ2v) is 4.47. The van der Waals surface area contributed by atoms with Crippen molar-refractivity contribution in [2.75, 3.05) is 19.6 Å². The third-order valence-electron chi connectivity index (χ3n) is 2.97. The lowest BCUT2D eigenvalue weighted by Crippen LogP contribution is -2.24. The van der Waals surface area contributed by atoms with Gasteiger partial charge in [0, 0.05) is 13.1 Å². The predicted molar refractivity (Wildman–Crippen MR) is 74.3 cm³/mol. The first kappa shape index (κ1) is 12.1. The maximum absolute atomic E-state index is 5.43. The molecule has 0 atom stereocenters. The highest BCUT2D eigenvalue weighted by atomic mass is 14.9. The number of benzene rings is 2. The Morgan fingerprint density at radius 2 is 1.76 bits per heavy atom. The molecular weight excluding hydrogens is 208 g/mol. The molecule has 0 fully saturated rings. The lowest BCUT2D eigenvalue weighted by molar-refractivity contribution is 0.689. The molecule has 0 aromatic heterocycles. The fraction of sp³-hybridized carbons (Fsp3) is 0.333. The molecule has 0 saturated carbocycles. The monoisotopic (exact) mass is 228 g/mol. The van der Waals surface area contributed by atoms with Gasteiger partial charge in [-0.2, -0.15) is 0 Å². The molecule has 90 valence electrons. The third-order valence-corrected chi connectivity index (χ3v) is 2.97. The van der Waals surface area contributed by atoms with Gasteiger partial charge < -0.3 is 11.1 Å². The molecule has 2 rings (SSSR count). The molecule has 0 aliphatic rings. The van der Waals surface area contributed by atoms with Gasteiger partial charge in [-0.1, -0.05) is 42.0 Å². The molecule has 0 bridgehead atoms. The highest BCUT2D eigenvalue weighted by Crippen LogP contribution is 2.17. The number of hydrogen-bond acceptors (Lipinski definition) is 2.